The number of carbonyl (C=O) groups is 1. The van der Waals surface area contributed by atoms with Crippen LogP contribution < -0.4 is 10.6 Å². The van der Waals surface area contributed by atoms with Gasteiger partial charge in [-0.1, -0.05) is 20.8 Å². The second-order valence-electron chi connectivity index (χ2n) is 6.88. The van der Waals surface area contributed by atoms with E-state index < -0.39 is 0 Å². The first kappa shape index (κ1) is 19.7. The number of rotatable bonds is 6. The van der Waals surface area contributed by atoms with E-state index in [1.807, 2.05) is 27.7 Å². The maximum atomic E-state index is 11.8. The summed E-state index contributed by atoms with van der Waals surface area (Å²) < 4.78 is 5.69. The molecule has 6 heteroatoms. The van der Waals surface area contributed by atoms with E-state index in [-0.39, 0.29) is 11.3 Å². The minimum atomic E-state index is -0.352. The van der Waals surface area contributed by atoms with Crippen LogP contribution in [0.1, 0.15) is 47.5 Å². The maximum absolute atomic E-state index is 11.8. The van der Waals surface area contributed by atoms with E-state index in [9.17, 15) is 4.79 Å². The van der Waals surface area contributed by atoms with E-state index in [1.165, 1.54) is 0 Å². The third-order valence-electron chi connectivity index (χ3n) is 3.82. The lowest BCUT2D eigenvalue weighted by Gasteiger charge is -2.34. The quantitative estimate of drug-likeness (QED) is 0.442. The maximum Gasteiger partial charge on any atom is 0.225 e. The van der Waals surface area contributed by atoms with Gasteiger partial charge in [-0.05, 0) is 26.7 Å². The van der Waals surface area contributed by atoms with Crippen LogP contribution in [-0.4, -0.2) is 62.2 Å². The number of guanidine groups is 1. The molecule has 134 valence electrons. The van der Waals surface area contributed by atoms with Gasteiger partial charge >= 0.3 is 0 Å². The first-order chi connectivity index (χ1) is 10.9. The van der Waals surface area contributed by atoms with Gasteiger partial charge in [-0.3, -0.25) is 9.79 Å². The Hall–Kier alpha value is -1.30. The van der Waals surface area contributed by atoms with Gasteiger partial charge in [0.1, 0.15) is 0 Å². The van der Waals surface area contributed by atoms with Crippen LogP contribution in [0, 0.1) is 5.41 Å². The molecule has 0 spiro atoms. The zero-order chi connectivity index (χ0) is 17.3. The number of carbonyl (C=O) groups excluding carboxylic acids is 1. The number of amides is 1. The Balaban J connectivity index is 2.43. The van der Waals surface area contributed by atoms with E-state index in [0.717, 1.165) is 45.0 Å². The molecule has 6 nitrogen and oxygen atoms in total. The summed E-state index contributed by atoms with van der Waals surface area (Å²) >= 11 is 0. The average molecular weight is 326 g/mol. The number of ether oxygens (including phenoxy) is 1. The van der Waals surface area contributed by atoms with E-state index >= 15 is 0 Å². The Morgan fingerprint density at radius 3 is 2.39 bits per heavy atom. The normalized spacial score (nSPS) is 17.3. The lowest BCUT2D eigenvalue weighted by molar-refractivity contribution is -0.128. The van der Waals surface area contributed by atoms with Crippen molar-refractivity contribution in [1.29, 1.82) is 0 Å². The van der Waals surface area contributed by atoms with Gasteiger partial charge in [0.15, 0.2) is 5.96 Å². The van der Waals surface area contributed by atoms with Crippen molar-refractivity contribution in [2.45, 2.75) is 53.6 Å². The van der Waals surface area contributed by atoms with Crippen LogP contribution in [-0.2, 0) is 9.53 Å². The minimum Gasteiger partial charge on any atom is -0.378 e. The Labute approximate surface area is 141 Å². The van der Waals surface area contributed by atoms with E-state index in [0.29, 0.717) is 19.2 Å². The highest BCUT2D eigenvalue weighted by Crippen LogP contribution is 2.14. The zero-order valence-electron chi connectivity index (χ0n) is 15.4. The molecule has 0 aromatic carbocycles. The third kappa shape index (κ3) is 7.20. The molecule has 1 aliphatic rings. The van der Waals surface area contributed by atoms with Crippen molar-refractivity contribution in [1.82, 2.24) is 15.5 Å². The van der Waals surface area contributed by atoms with Gasteiger partial charge in [0.2, 0.25) is 5.91 Å². The summed E-state index contributed by atoms with van der Waals surface area (Å²) in [4.78, 5) is 18.8. The van der Waals surface area contributed by atoms with Gasteiger partial charge in [-0.2, -0.15) is 0 Å². The van der Waals surface area contributed by atoms with Crippen molar-refractivity contribution >= 4 is 11.9 Å². The van der Waals surface area contributed by atoms with E-state index in [2.05, 4.69) is 27.4 Å². The summed E-state index contributed by atoms with van der Waals surface area (Å²) in [6, 6.07) is 0. The van der Waals surface area contributed by atoms with Crippen molar-refractivity contribution < 1.29 is 9.53 Å². The summed E-state index contributed by atoms with van der Waals surface area (Å²) in [6.07, 6.45) is 2.46. The second kappa shape index (κ2) is 9.75. The monoisotopic (exact) mass is 326 g/mol. The summed E-state index contributed by atoms with van der Waals surface area (Å²) in [5, 5.41) is 6.27. The molecule has 0 radical (unpaired) electrons. The topological polar surface area (TPSA) is 66.0 Å². The van der Waals surface area contributed by atoms with Crippen LogP contribution in [0.3, 0.4) is 0 Å². The van der Waals surface area contributed by atoms with E-state index in [1.54, 1.807) is 0 Å². The van der Waals surface area contributed by atoms with Gasteiger partial charge in [-0.15, -0.1) is 0 Å². The Bertz CT molecular complexity index is 383. The Morgan fingerprint density at radius 2 is 1.87 bits per heavy atom. The fraction of sp³-hybridized carbons (Fsp3) is 0.882. The molecule has 23 heavy (non-hydrogen) atoms. The third-order valence-corrected chi connectivity index (χ3v) is 3.82. The lowest BCUT2D eigenvalue weighted by Crippen LogP contribution is -2.47. The summed E-state index contributed by atoms with van der Waals surface area (Å²) in [7, 11) is 0. The molecule has 1 aliphatic heterocycles. The minimum absolute atomic E-state index is 0.0650. The molecule has 0 atom stereocenters. The van der Waals surface area contributed by atoms with Crippen LogP contribution in [0.2, 0.25) is 0 Å². The standard InChI is InChI=1S/C17H34N4O2/c1-6-18-16(20-11-10-19-15(22)17(3,4)5)21-12-8-14(9-13-21)23-7-2/h14H,6-13H2,1-5H3,(H,18,20)(H,19,22). The molecule has 0 bridgehead atoms. The van der Waals surface area contributed by atoms with Crippen molar-refractivity contribution in [2.24, 2.45) is 10.4 Å². The highest BCUT2D eigenvalue weighted by atomic mass is 16.5. The molecule has 0 saturated carbocycles. The van der Waals surface area contributed by atoms with Crippen LogP contribution in [0.25, 0.3) is 0 Å². The van der Waals surface area contributed by atoms with Gasteiger partial charge in [-0.25, -0.2) is 0 Å². The Morgan fingerprint density at radius 1 is 1.22 bits per heavy atom. The van der Waals surface area contributed by atoms with Crippen LogP contribution in [0.5, 0.6) is 0 Å². The zero-order valence-corrected chi connectivity index (χ0v) is 15.4. The number of nitrogens with one attached hydrogen (secondary N) is 2. The molecular weight excluding hydrogens is 292 g/mol. The van der Waals surface area contributed by atoms with E-state index in [4.69, 9.17) is 4.74 Å². The molecule has 0 aliphatic carbocycles. The highest BCUT2D eigenvalue weighted by molar-refractivity contribution is 5.81. The number of aliphatic imine (C=N–C) groups is 1. The summed E-state index contributed by atoms with van der Waals surface area (Å²) in [5.74, 6) is 1.00. The highest BCUT2D eigenvalue weighted by Gasteiger charge is 2.22. The number of hydrogen-bond acceptors (Lipinski definition) is 3. The molecule has 0 aromatic rings. The van der Waals surface area contributed by atoms with Crippen LogP contribution >= 0.6 is 0 Å². The molecule has 1 heterocycles. The number of hydrogen-bond donors (Lipinski definition) is 2. The number of likely N-dealkylation sites (tertiary alicyclic amines) is 1. The Kier molecular flexibility index (Phi) is 8.37. The molecule has 2 N–H and O–H groups in total. The van der Waals surface area contributed by atoms with Crippen molar-refractivity contribution in [3.63, 3.8) is 0 Å². The molecular formula is C17H34N4O2. The van der Waals surface area contributed by atoms with Gasteiger partial charge in [0.25, 0.3) is 0 Å². The predicted octanol–water partition coefficient (Wildman–Crippen LogP) is 1.62. The van der Waals surface area contributed by atoms with Gasteiger partial charge < -0.3 is 20.3 Å². The molecule has 1 saturated heterocycles. The molecule has 0 unspecified atom stereocenters. The van der Waals surface area contributed by atoms with Crippen LogP contribution in [0.15, 0.2) is 4.99 Å². The van der Waals surface area contributed by atoms with Crippen molar-refractivity contribution in [3.05, 3.63) is 0 Å². The first-order valence-electron chi connectivity index (χ1n) is 8.81. The second-order valence-corrected chi connectivity index (χ2v) is 6.88. The summed E-state index contributed by atoms with van der Waals surface area (Å²) in [5.41, 5.74) is -0.352. The number of piperidine rings is 1. The average Bonchev–Trinajstić information content (AvgIpc) is 2.50. The van der Waals surface area contributed by atoms with Crippen molar-refractivity contribution in [3.8, 4) is 0 Å². The number of nitrogens with zero attached hydrogens (tertiary/aromatic N) is 2. The fourth-order valence-corrected chi connectivity index (χ4v) is 2.49. The lowest BCUT2D eigenvalue weighted by atomic mass is 9.96. The van der Waals surface area contributed by atoms with Gasteiger partial charge in [0.05, 0.1) is 12.6 Å². The first-order valence-corrected chi connectivity index (χ1v) is 8.81. The fourth-order valence-electron chi connectivity index (χ4n) is 2.49. The molecule has 0 aromatic heterocycles. The smallest absolute Gasteiger partial charge is 0.225 e. The summed E-state index contributed by atoms with van der Waals surface area (Å²) in [6.45, 7) is 14.6. The molecule has 1 amide bonds. The van der Waals surface area contributed by atoms with Crippen molar-refractivity contribution in [2.75, 3.05) is 39.3 Å². The SMILES string of the molecule is CCNC(=NCCNC(=O)C(C)(C)C)N1CCC(OCC)CC1. The predicted molar refractivity (Wildman–Crippen MR) is 94.7 cm³/mol. The van der Waals surface area contributed by atoms with Crippen LogP contribution in [0.4, 0.5) is 0 Å². The largest absolute Gasteiger partial charge is 0.378 e. The molecule has 1 rings (SSSR count). The van der Waals surface area contributed by atoms with Gasteiger partial charge in [0, 0.05) is 38.2 Å². The molecule has 1 fully saturated rings.